The number of halogens is 2. The van der Waals surface area contributed by atoms with E-state index in [-0.39, 0.29) is 25.4 Å². The summed E-state index contributed by atoms with van der Waals surface area (Å²) in [5.74, 6) is -0.439. The van der Waals surface area contributed by atoms with Gasteiger partial charge in [-0.15, -0.1) is 0 Å². The zero-order chi connectivity index (χ0) is 10.4. The molecule has 14 heavy (non-hydrogen) atoms. The van der Waals surface area contributed by atoms with Gasteiger partial charge in [-0.25, -0.2) is 4.39 Å². The molecule has 0 atom stereocenters. The van der Waals surface area contributed by atoms with E-state index >= 15 is 0 Å². The zero-order valence-corrected chi connectivity index (χ0v) is 7.67. The van der Waals surface area contributed by atoms with Crippen LogP contribution in [0.3, 0.4) is 0 Å². The molecule has 0 aliphatic heterocycles. The third-order valence-corrected chi connectivity index (χ3v) is 1.71. The minimum Gasteiger partial charge on any atom is -0.490 e. The summed E-state index contributed by atoms with van der Waals surface area (Å²) in [6.07, 6.45) is 0.251. The first-order valence-electron chi connectivity index (χ1n) is 4.36. The Bertz CT molecular complexity index is 289. The second-order valence-corrected chi connectivity index (χ2v) is 2.81. The first-order chi connectivity index (χ1) is 6.77. The lowest BCUT2D eigenvalue weighted by atomic mass is 10.2. The van der Waals surface area contributed by atoms with Crippen molar-refractivity contribution in [2.75, 3.05) is 13.3 Å². The maximum atomic E-state index is 13.1. The van der Waals surface area contributed by atoms with Crippen molar-refractivity contribution in [3.63, 3.8) is 0 Å². The van der Waals surface area contributed by atoms with E-state index in [1.165, 1.54) is 12.1 Å². The molecular formula is C10H12F2O2. The molecule has 0 amide bonds. The molecule has 0 saturated carbocycles. The quantitative estimate of drug-likeness (QED) is 0.740. The topological polar surface area (TPSA) is 29.5 Å². The van der Waals surface area contributed by atoms with Gasteiger partial charge in [-0.3, -0.25) is 4.39 Å². The van der Waals surface area contributed by atoms with Crippen LogP contribution in [0.15, 0.2) is 18.2 Å². The van der Waals surface area contributed by atoms with E-state index in [1.54, 1.807) is 6.07 Å². The Kier molecular flexibility index (Phi) is 4.32. The number of ether oxygens (including phenoxy) is 1. The number of rotatable bonds is 5. The molecule has 78 valence electrons. The standard InChI is InChI=1S/C10H12F2O2/c11-4-1-5-14-10-3-2-8(7-13)6-9(10)12/h2-3,6,13H,1,4-5,7H2. The smallest absolute Gasteiger partial charge is 0.165 e. The van der Waals surface area contributed by atoms with Crippen LogP contribution in [-0.4, -0.2) is 18.4 Å². The lowest BCUT2D eigenvalue weighted by Crippen LogP contribution is -2.00. The van der Waals surface area contributed by atoms with Crippen molar-refractivity contribution in [3.8, 4) is 5.75 Å². The molecule has 1 N–H and O–H groups in total. The van der Waals surface area contributed by atoms with Crippen LogP contribution >= 0.6 is 0 Å². The van der Waals surface area contributed by atoms with E-state index in [9.17, 15) is 8.78 Å². The molecule has 0 fully saturated rings. The summed E-state index contributed by atoms with van der Waals surface area (Å²) in [5.41, 5.74) is 0.486. The van der Waals surface area contributed by atoms with E-state index in [0.29, 0.717) is 5.56 Å². The second kappa shape index (κ2) is 5.54. The number of aliphatic hydroxyl groups is 1. The fraction of sp³-hybridized carbons (Fsp3) is 0.400. The molecule has 1 aromatic rings. The molecule has 0 unspecified atom stereocenters. The summed E-state index contributed by atoms with van der Waals surface area (Å²) in [4.78, 5) is 0. The lowest BCUT2D eigenvalue weighted by Gasteiger charge is -2.06. The molecule has 0 heterocycles. The molecule has 0 radical (unpaired) electrons. The summed E-state index contributed by atoms with van der Waals surface area (Å²) in [6.45, 7) is -0.524. The highest BCUT2D eigenvalue weighted by Crippen LogP contribution is 2.18. The Hall–Kier alpha value is -1.16. The molecular weight excluding hydrogens is 190 g/mol. The Balaban J connectivity index is 2.59. The third kappa shape index (κ3) is 2.96. The molecule has 0 aliphatic rings. The van der Waals surface area contributed by atoms with Gasteiger partial charge in [0.15, 0.2) is 11.6 Å². The minimum atomic E-state index is -0.532. The average molecular weight is 202 g/mol. The number of aliphatic hydroxyl groups excluding tert-OH is 1. The first-order valence-corrected chi connectivity index (χ1v) is 4.36. The van der Waals surface area contributed by atoms with Crippen molar-refractivity contribution < 1.29 is 18.6 Å². The van der Waals surface area contributed by atoms with Crippen LogP contribution in [0.5, 0.6) is 5.75 Å². The van der Waals surface area contributed by atoms with Crippen molar-refractivity contribution in [2.45, 2.75) is 13.0 Å². The van der Waals surface area contributed by atoms with Gasteiger partial charge in [-0.1, -0.05) is 6.07 Å². The van der Waals surface area contributed by atoms with Crippen molar-refractivity contribution in [1.82, 2.24) is 0 Å². The number of hydrogen-bond acceptors (Lipinski definition) is 2. The molecule has 0 saturated heterocycles. The van der Waals surface area contributed by atoms with Crippen LogP contribution in [-0.2, 0) is 6.61 Å². The Morgan fingerprint density at radius 2 is 2.14 bits per heavy atom. The predicted octanol–water partition coefficient (Wildman–Crippen LogP) is 2.06. The molecule has 1 rings (SSSR count). The summed E-state index contributed by atoms with van der Waals surface area (Å²) in [6, 6.07) is 4.19. The van der Waals surface area contributed by atoms with Crippen LogP contribution < -0.4 is 4.74 Å². The fourth-order valence-corrected chi connectivity index (χ4v) is 0.996. The van der Waals surface area contributed by atoms with Crippen molar-refractivity contribution in [3.05, 3.63) is 29.6 Å². The molecule has 2 nitrogen and oxygen atoms in total. The van der Waals surface area contributed by atoms with Gasteiger partial charge in [-0.2, -0.15) is 0 Å². The van der Waals surface area contributed by atoms with Gasteiger partial charge in [0.1, 0.15) is 0 Å². The maximum absolute atomic E-state index is 13.1. The van der Waals surface area contributed by atoms with Crippen LogP contribution in [0.2, 0.25) is 0 Å². The van der Waals surface area contributed by atoms with E-state index in [4.69, 9.17) is 9.84 Å². The largest absolute Gasteiger partial charge is 0.490 e. The van der Waals surface area contributed by atoms with Crippen molar-refractivity contribution >= 4 is 0 Å². The zero-order valence-electron chi connectivity index (χ0n) is 7.67. The molecule has 0 spiro atoms. The van der Waals surface area contributed by atoms with Crippen molar-refractivity contribution in [1.29, 1.82) is 0 Å². The van der Waals surface area contributed by atoms with Crippen LogP contribution in [0.1, 0.15) is 12.0 Å². The molecule has 4 heteroatoms. The minimum absolute atomic E-state index is 0.0932. The van der Waals surface area contributed by atoms with Gasteiger partial charge < -0.3 is 9.84 Å². The molecule has 0 aliphatic carbocycles. The number of hydrogen-bond donors (Lipinski definition) is 1. The van der Waals surface area contributed by atoms with E-state index in [0.717, 1.165) is 0 Å². The SMILES string of the molecule is OCc1ccc(OCCCF)c(F)c1. The fourth-order valence-electron chi connectivity index (χ4n) is 0.996. The maximum Gasteiger partial charge on any atom is 0.165 e. The number of benzene rings is 1. The van der Waals surface area contributed by atoms with E-state index < -0.39 is 12.5 Å². The first kappa shape index (κ1) is 10.9. The predicted molar refractivity (Wildman–Crippen MR) is 48.4 cm³/mol. The van der Waals surface area contributed by atoms with Gasteiger partial charge in [0, 0.05) is 6.42 Å². The Morgan fingerprint density at radius 1 is 1.36 bits per heavy atom. The summed E-state index contributed by atoms with van der Waals surface area (Å²) >= 11 is 0. The highest BCUT2D eigenvalue weighted by atomic mass is 19.1. The van der Waals surface area contributed by atoms with Gasteiger partial charge >= 0.3 is 0 Å². The van der Waals surface area contributed by atoms with Gasteiger partial charge in [0.05, 0.1) is 19.9 Å². The lowest BCUT2D eigenvalue weighted by molar-refractivity contribution is 0.272. The van der Waals surface area contributed by atoms with Crippen LogP contribution in [0.25, 0.3) is 0 Å². The molecule has 1 aromatic carbocycles. The van der Waals surface area contributed by atoms with E-state index in [1.807, 2.05) is 0 Å². The van der Waals surface area contributed by atoms with Crippen molar-refractivity contribution in [2.24, 2.45) is 0 Å². The highest BCUT2D eigenvalue weighted by molar-refractivity contribution is 5.28. The van der Waals surface area contributed by atoms with Crippen LogP contribution in [0.4, 0.5) is 8.78 Å². The Labute approximate surface area is 81.1 Å². The van der Waals surface area contributed by atoms with Crippen LogP contribution in [0, 0.1) is 5.82 Å². The second-order valence-electron chi connectivity index (χ2n) is 2.81. The van der Waals surface area contributed by atoms with Gasteiger partial charge in [0.25, 0.3) is 0 Å². The van der Waals surface area contributed by atoms with Gasteiger partial charge in [0.2, 0.25) is 0 Å². The summed E-state index contributed by atoms with van der Waals surface area (Å²) < 4.78 is 29.8. The normalized spacial score (nSPS) is 10.2. The monoisotopic (exact) mass is 202 g/mol. The summed E-state index contributed by atoms with van der Waals surface area (Å²) in [7, 11) is 0. The van der Waals surface area contributed by atoms with Gasteiger partial charge in [-0.05, 0) is 17.7 Å². The average Bonchev–Trinajstić information content (AvgIpc) is 2.20. The molecule has 0 bridgehead atoms. The highest BCUT2D eigenvalue weighted by Gasteiger charge is 2.03. The third-order valence-electron chi connectivity index (χ3n) is 1.71. The summed E-state index contributed by atoms with van der Waals surface area (Å²) in [5, 5.41) is 8.71. The Morgan fingerprint density at radius 3 is 2.71 bits per heavy atom. The number of alkyl halides is 1. The molecule has 0 aromatic heterocycles. The van der Waals surface area contributed by atoms with E-state index in [2.05, 4.69) is 0 Å².